The third kappa shape index (κ3) is 3.70. The summed E-state index contributed by atoms with van der Waals surface area (Å²) in [5, 5.41) is 21.5. The molecule has 7 nitrogen and oxygen atoms in total. The Kier molecular flexibility index (Phi) is 5.00. The summed E-state index contributed by atoms with van der Waals surface area (Å²) in [5.74, 6) is 0.0350. The number of amides is 1. The van der Waals surface area contributed by atoms with Crippen LogP contribution in [0.4, 0.5) is 5.69 Å². The van der Waals surface area contributed by atoms with Crippen LogP contribution in [-0.4, -0.2) is 47.1 Å². The topological polar surface area (TPSA) is 92.9 Å². The minimum Gasteiger partial charge on any atom is -0.496 e. The Hall–Kier alpha value is -2.93. The van der Waals surface area contributed by atoms with Gasteiger partial charge < -0.3 is 14.7 Å². The number of nitro benzene ring substituents is 1. The molecular formula is C22H24N2O5. The van der Waals surface area contributed by atoms with E-state index in [1.54, 1.807) is 4.90 Å². The monoisotopic (exact) mass is 396 g/mol. The summed E-state index contributed by atoms with van der Waals surface area (Å²) in [7, 11) is 1.50. The second-order valence-corrected chi connectivity index (χ2v) is 8.07. The number of carbonyl (C=O) groups is 1. The molecule has 1 N–H and O–H groups in total. The lowest BCUT2D eigenvalue weighted by Gasteiger charge is -2.23. The van der Waals surface area contributed by atoms with Crippen LogP contribution < -0.4 is 4.74 Å². The largest absolute Gasteiger partial charge is 0.496 e. The van der Waals surface area contributed by atoms with Crippen LogP contribution in [0.2, 0.25) is 0 Å². The second-order valence-electron chi connectivity index (χ2n) is 8.07. The van der Waals surface area contributed by atoms with Crippen molar-refractivity contribution in [3.63, 3.8) is 0 Å². The maximum atomic E-state index is 13.2. The van der Waals surface area contributed by atoms with Gasteiger partial charge in [-0.25, -0.2) is 0 Å². The average molecular weight is 396 g/mol. The lowest BCUT2D eigenvalue weighted by atomic mass is 10.00. The summed E-state index contributed by atoms with van der Waals surface area (Å²) >= 11 is 0. The van der Waals surface area contributed by atoms with E-state index in [9.17, 15) is 20.0 Å². The van der Waals surface area contributed by atoms with Crippen molar-refractivity contribution in [3.8, 4) is 5.75 Å². The normalized spacial score (nSPS) is 19.4. The van der Waals surface area contributed by atoms with Crippen molar-refractivity contribution >= 4 is 11.6 Å². The first-order chi connectivity index (χ1) is 14.0. The molecule has 2 aromatic rings. The molecule has 1 aliphatic heterocycles. The fourth-order valence-corrected chi connectivity index (χ4v) is 4.34. The van der Waals surface area contributed by atoms with Gasteiger partial charge in [0.05, 0.1) is 24.7 Å². The molecule has 0 radical (unpaired) electrons. The van der Waals surface area contributed by atoms with Gasteiger partial charge in [0, 0.05) is 30.7 Å². The lowest BCUT2D eigenvalue weighted by molar-refractivity contribution is -0.385. The molecule has 152 valence electrons. The number of benzene rings is 2. The number of aliphatic hydroxyl groups excluding tert-OH is 1. The molecule has 1 heterocycles. The Labute approximate surface area is 169 Å². The Bertz CT molecular complexity index is 940. The maximum Gasteiger partial charge on any atom is 0.282 e. The minimum absolute atomic E-state index is 0.0137. The van der Waals surface area contributed by atoms with Gasteiger partial charge in [-0.1, -0.05) is 30.3 Å². The summed E-state index contributed by atoms with van der Waals surface area (Å²) in [4.78, 5) is 26.1. The van der Waals surface area contributed by atoms with Gasteiger partial charge in [-0.2, -0.15) is 0 Å². The third-order valence-electron chi connectivity index (χ3n) is 6.11. The maximum absolute atomic E-state index is 13.2. The summed E-state index contributed by atoms with van der Waals surface area (Å²) in [6.07, 6.45) is 3.29. The number of hydrogen-bond donors (Lipinski definition) is 1. The van der Waals surface area contributed by atoms with Gasteiger partial charge in [0.2, 0.25) is 0 Å². The van der Waals surface area contributed by atoms with Crippen molar-refractivity contribution in [1.82, 2.24) is 4.90 Å². The highest BCUT2D eigenvalue weighted by atomic mass is 16.6. The first kappa shape index (κ1) is 19.4. The van der Waals surface area contributed by atoms with Crippen LogP contribution in [0.1, 0.15) is 40.7 Å². The van der Waals surface area contributed by atoms with E-state index in [0.717, 1.165) is 24.8 Å². The molecule has 1 atom stereocenters. The highest BCUT2D eigenvalue weighted by molar-refractivity contribution is 5.99. The first-order valence-electron chi connectivity index (χ1n) is 9.77. The number of aliphatic hydroxyl groups is 1. The van der Waals surface area contributed by atoms with Crippen LogP contribution in [0, 0.1) is 15.5 Å². The number of nitrogens with zero attached hydrogens (tertiary/aromatic N) is 2. The predicted molar refractivity (Wildman–Crippen MR) is 107 cm³/mol. The van der Waals surface area contributed by atoms with E-state index in [2.05, 4.69) is 0 Å². The number of likely N-dealkylation sites (tertiary alicyclic amines) is 1. The Morgan fingerprint density at radius 1 is 1.31 bits per heavy atom. The zero-order valence-electron chi connectivity index (χ0n) is 16.3. The zero-order chi connectivity index (χ0) is 20.6. The highest BCUT2D eigenvalue weighted by Crippen LogP contribution is 2.55. The fourth-order valence-electron chi connectivity index (χ4n) is 4.34. The molecule has 1 amide bonds. The fraction of sp³-hybridized carbons (Fsp3) is 0.409. The molecule has 0 aromatic heterocycles. The van der Waals surface area contributed by atoms with Gasteiger partial charge in [-0.05, 0) is 30.2 Å². The Balaban J connectivity index is 1.71. The Morgan fingerprint density at radius 2 is 2.03 bits per heavy atom. The molecule has 29 heavy (non-hydrogen) atoms. The summed E-state index contributed by atoms with van der Waals surface area (Å²) in [6, 6.07) is 12.2. The molecule has 0 unspecified atom stereocenters. The van der Waals surface area contributed by atoms with Crippen LogP contribution in [0.15, 0.2) is 42.5 Å². The van der Waals surface area contributed by atoms with Gasteiger partial charge in [-0.15, -0.1) is 0 Å². The predicted octanol–water partition coefficient (Wildman–Crippen LogP) is 3.18. The Morgan fingerprint density at radius 3 is 2.62 bits per heavy atom. The molecule has 1 saturated heterocycles. The zero-order valence-corrected chi connectivity index (χ0v) is 16.3. The standard InChI is InChI=1S/C22H24N2O5/c1-29-20-11-18(21(26)23-14-22(7-8-22)12-17(23)13-25)19(24(27)28)10-16(20)9-15-5-3-2-4-6-15/h2-6,10-11,17,25H,7-9,12-14H2,1H3/t17-/m0/s1. The van der Waals surface area contributed by atoms with Crippen molar-refractivity contribution in [2.45, 2.75) is 31.7 Å². The van der Waals surface area contributed by atoms with E-state index in [-0.39, 0.29) is 29.3 Å². The number of nitro groups is 1. The molecular weight excluding hydrogens is 372 g/mol. The van der Waals surface area contributed by atoms with E-state index in [4.69, 9.17) is 4.74 Å². The lowest BCUT2D eigenvalue weighted by Crippen LogP contribution is -2.38. The molecule has 1 aliphatic carbocycles. The number of hydrogen-bond acceptors (Lipinski definition) is 5. The molecule has 2 aliphatic rings. The van der Waals surface area contributed by atoms with Crippen LogP contribution in [0.3, 0.4) is 0 Å². The summed E-state index contributed by atoms with van der Waals surface area (Å²) in [5.41, 5.74) is 1.53. The molecule has 7 heteroatoms. The van der Waals surface area contributed by atoms with Crippen molar-refractivity contribution in [3.05, 3.63) is 69.3 Å². The van der Waals surface area contributed by atoms with Crippen LogP contribution in [0.25, 0.3) is 0 Å². The molecule has 0 bridgehead atoms. The smallest absolute Gasteiger partial charge is 0.282 e. The second kappa shape index (κ2) is 7.48. The van der Waals surface area contributed by atoms with Crippen molar-refractivity contribution < 1.29 is 19.6 Å². The van der Waals surface area contributed by atoms with Gasteiger partial charge in [0.15, 0.2) is 0 Å². The average Bonchev–Trinajstić information content (AvgIpc) is 3.38. The molecule has 4 rings (SSSR count). The van der Waals surface area contributed by atoms with Gasteiger partial charge in [0.25, 0.3) is 11.6 Å². The van der Waals surface area contributed by atoms with Crippen molar-refractivity contribution in [1.29, 1.82) is 0 Å². The third-order valence-corrected chi connectivity index (χ3v) is 6.11. The van der Waals surface area contributed by atoms with E-state index >= 15 is 0 Å². The number of methoxy groups -OCH3 is 1. The summed E-state index contributed by atoms with van der Waals surface area (Å²) in [6.45, 7) is 0.410. The van der Waals surface area contributed by atoms with E-state index in [1.807, 2.05) is 30.3 Å². The number of carbonyl (C=O) groups excluding carboxylic acids is 1. The first-order valence-corrected chi connectivity index (χ1v) is 9.77. The van der Waals surface area contributed by atoms with E-state index in [1.165, 1.54) is 19.2 Å². The molecule has 1 saturated carbocycles. The molecule has 2 aromatic carbocycles. The van der Waals surface area contributed by atoms with Gasteiger partial charge in [-0.3, -0.25) is 14.9 Å². The van der Waals surface area contributed by atoms with Crippen LogP contribution in [-0.2, 0) is 6.42 Å². The number of ether oxygens (including phenoxy) is 1. The molecule has 1 spiro atoms. The minimum atomic E-state index is -0.516. The van der Waals surface area contributed by atoms with Crippen LogP contribution >= 0.6 is 0 Å². The SMILES string of the molecule is COc1cc(C(=O)N2CC3(CC3)C[C@H]2CO)c([N+](=O)[O-])cc1Cc1ccccc1. The van der Waals surface area contributed by atoms with Crippen molar-refractivity contribution in [2.24, 2.45) is 5.41 Å². The van der Waals surface area contributed by atoms with Crippen LogP contribution in [0.5, 0.6) is 5.75 Å². The van der Waals surface area contributed by atoms with E-state index < -0.39 is 10.8 Å². The van der Waals surface area contributed by atoms with Crippen molar-refractivity contribution in [2.75, 3.05) is 20.3 Å². The quantitative estimate of drug-likeness (QED) is 0.598. The highest BCUT2D eigenvalue weighted by Gasteiger charge is 2.53. The summed E-state index contributed by atoms with van der Waals surface area (Å²) < 4.78 is 5.47. The number of rotatable bonds is 6. The van der Waals surface area contributed by atoms with E-state index in [0.29, 0.717) is 24.3 Å². The van der Waals surface area contributed by atoms with Gasteiger partial charge >= 0.3 is 0 Å². The van der Waals surface area contributed by atoms with Gasteiger partial charge in [0.1, 0.15) is 11.3 Å². The molecule has 2 fully saturated rings.